The van der Waals surface area contributed by atoms with Crippen LogP contribution in [0.2, 0.25) is 0 Å². The molecule has 4 heteroatoms. The van der Waals surface area contributed by atoms with Gasteiger partial charge in [-0.05, 0) is 30.9 Å². The SMILES string of the molecule is CC(C)CN1C(=O)CN=C(N2CCCCCC2)c2ccccc21. The number of para-hydroxylation sites is 1. The summed E-state index contributed by atoms with van der Waals surface area (Å²) in [4.78, 5) is 21.6. The highest BCUT2D eigenvalue weighted by atomic mass is 16.2. The van der Waals surface area contributed by atoms with Gasteiger partial charge in [-0.1, -0.05) is 38.8 Å². The monoisotopic (exact) mass is 313 g/mol. The highest BCUT2D eigenvalue weighted by Crippen LogP contribution is 2.27. The van der Waals surface area contributed by atoms with Crippen LogP contribution in [0.25, 0.3) is 0 Å². The molecule has 2 aliphatic heterocycles. The van der Waals surface area contributed by atoms with Crippen LogP contribution in [-0.4, -0.2) is 42.8 Å². The van der Waals surface area contributed by atoms with E-state index in [9.17, 15) is 4.79 Å². The van der Waals surface area contributed by atoms with Crippen molar-refractivity contribution in [2.45, 2.75) is 39.5 Å². The predicted molar refractivity (Wildman–Crippen MR) is 95.1 cm³/mol. The molecular weight excluding hydrogens is 286 g/mol. The van der Waals surface area contributed by atoms with Crippen LogP contribution in [0.3, 0.4) is 0 Å². The quantitative estimate of drug-likeness (QED) is 0.840. The maximum Gasteiger partial charge on any atom is 0.248 e. The Morgan fingerprint density at radius 2 is 1.78 bits per heavy atom. The van der Waals surface area contributed by atoms with Crippen LogP contribution < -0.4 is 4.90 Å². The number of hydrogen-bond acceptors (Lipinski definition) is 3. The number of nitrogens with zero attached hydrogens (tertiary/aromatic N) is 3. The minimum atomic E-state index is 0.107. The number of anilines is 1. The Kier molecular flexibility index (Phi) is 4.99. The third-order valence-corrected chi connectivity index (χ3v) is 4.55. The lowest BCUT2D eigenvalue weighted by Crippen LogP contribution is -2.36. The number of carbonyl (C=O) groups excluding carboxylic acids is 1. The lowest BCUT2D eigenvalue weighted by atomic mass is 10.1. The van der Waals surface area contributed by atoms with E-state index in [0.717, 1.165) is 36.7 Å². The molecule has 1 amide bonds. The van der Waals surface area contributed by atoms with Crippen LogP contribution in [0, 0.1) is 5.92 Å². The summed E-state index contributed by atoms with van der Waals surface area (Å²) in [5.74, 6) is 1.56. The molecular formula is C19H27N3O. The van der Waals surface area contributed by atoms with E-state index < -0.39 is 0 Å². The second-order valence-corrected chi connectivity index (χ2v) is 6.96. The summed E-state index contributed by atoms with van der Waals surface area (Å²) in [5, 5.41) is 0. The predicted octanol–water partition coefficient (Wildman–Crippen LogP) is 3.31. The van der Waals surface area contributed by atoms with Crippen LogP contribution in [0.5, 0.6) is 0 Å². The van der Waals surface area contributed by atoms with Crippen LogP contribution in [0.1, 0.15) is 45.1 Å². The van der Waals surface area contributed by atoms with E-state index in [-0.39, 0.29) is 12.5 Å². The molecule has 0 aromatic heterocycles. The molecule has 0 spiro atoms. The molecule has 2 heterocycles. The molecule has 2 aliphatic rings. The molecule has 0 unspecified atom stereocenters. The lowest BCUT2D eigenvalue weighted by molar-refractivity contribution is -0.117. The van der Waals surface area contributed by atoms with Gasteiger partial charge in [-0.25, -0.2) is 0 Å². The number of rotatable bonds is 2. The van der Waals surface area contributed by atoms with E-state index in [0.29, 0.717) is 5.92 Å². The summed E-state index contributed by atoms with van der Waals surface area (Å²) in [5.41, 5.74) is 2.13. The second kappa shape index (κ2) is 7.16. The van der Waals surface area contributed by atoms with Crippen molar-refractivity contribution in [1.29, 1.82) is 0 Å². The van der Waals surface area contributed by atoms with E-state index in [1.54, 1.807) is 0 Å². The van der Waals surface area contributed by atoms with Crippen LogP contribution in [-0.2, 0) is 4.79 Å². The van der Waals surface area contributed by atoms with Gasteiger partial charge < -0.3 is 9.80 Å². The van der Waals surface area contributed by atoms with E-state index >= 15 is 0 Å². The number of benzene rings is 1. The van der Waals surface area contributed by atoms with Crippen molar-refractivity contribution in [1.82, 2.24) is 4.90 Å². The van der Waals surface area contributed by atoms with Gasteiger partial charge in [-0.3, -0.25) is 9.79 Å². The molecule has 1 aromatic rings. The Hall–Kier alpha value is -1.84. The summed E-state index contributed by atoms with van der Waals surface area (Å²) in [7, 11) is 0. The minimum absolute atomic E-state index is 0.107. The lowest BCUT2D eigenvalue weighted by Gasteiger charge is -2.27. The first-order valence-electron chi connectivity index (χ1n) is 8.86. The Bertz CT molecular complexity index is 586. The minimum Gasteiger partial charge on any atom is -0.356 e. The topological polar surface area (TPSA) is 35.9 Å². The smallest absolute Gasteiger partial charge is 0.248 e. The van der Waals surface area contributed by atoms with Gasteiger partial charge in [0, 0.05) is 25.2 Å². The molecule has 0 bridgehead atoms. The molecule has 23 heavy (non-hydrogen) atoms. The first kappa shape index (κ1) is 16.0. The molecule has 1 saturated heterocycles. The van der Waals surface area contributed by atoms with E-state index in [2.05, 4.69) is 36.9 Å². The number of carbonyl (C=O) groups is 1. The molecule has 3 rings (SSSR count). The Labute approximate surface area is 139 Å². The maximum absolute atomic E-state index is 12.6. The van der Waals surface area contributed by atoms with E-state index in [1.165, 1.54) is 25.7 Å². The zero-order valence-electron chi connectivity index (χ0n) is 14.3. The van der Waals surface area contributed by atoms with Crippen LogP contribution >= 0.6 is 0 Å². The fourth-order valence-electron chi connectivity index (χ4n) is 3.46. The summed E-state index contributed by atoms with van der Waals surface area (Å²) in [6.45, 7) is 7.40. The summed E-state index contributed by atoms with van der Waals surface area (Å²) < 4.78 is 0. The Balaban J connectivity index is 1.98. The third-order valence-electron chi connectivity index (χ3n) is 4.55. The zero-order valence-corrected chi connectivity index (χ0v) is 14.3. The van der Waals surface area contributed by atoms with Crippen molar-refractivity contribution in [2.75, 3.05) is 31.1 Å². The van der Waals surface area contributed by atoms with Crippen LogP contribution in [0.15, 0.2) is 29.3 Å². The average molecular weight is 313 g/mol. The Morgan fingerprint density at radius 3 is 2.48 bits per heavy atom. The van der Waals surface area contributed by atoms with Gasteiger partial charge >= 0.3 is 0 Å². The number of hydrogen-bond donors (Lipinski definition) is 0. The summed E-state index contributed by atoms with van der Waals surface area (Å²) in [6, 6.07) is 8.25. The number of aliphatic imine (C=N–C) groups is 1. The van der Waals surface area contributed by atoms with Crippen molar-refractivity contribution in [3.05, 3.63) is 29.8 Å². The Morgan fingerprint density at radius 1 is 1.09 bits per heavy atom. The molecule has 124 valence electrons. The number of fused-ring (bicyclic) bond motifs is 1. The molecule has 0 atom stereocenters. The first-order valence-corrected chi connectivity index (χ1v) is 8.86. The van der Waals surface area contributed by atoms with E-state index in [4.69, 9.17) is 4.99 Å². The normalized spacial score (nSPS) is 19.3. The molecule has 0 aliphatic carbocycles. The van der Waals surface area contributed by atoms with Crippen molar-refractivity contribution >= 4 is 17.4 Å². The first-order chi connectivity index (χ1) is 11.2. The van der Waals surface area contributed by atoms with Gasteiger partial charge in [0.15, 0.2) is 0 Å². The highest BCUT2D eigenvalue weighted by Gasteiger charge is 2.27. The van der Waals surface area contributed by atoms with E-state index in [1.807, 2.05) is 11.0 Å². The summed E-state index contributed by atoms with van der Waals surface area (Å²) in [6.07, 6.45) is 5.02. The largest absolute Gasteiger partial charge is 0.356 e. The van der Waals surface area contributed by atoms with Gasteiger partial charge in [0.25, 0.3) is 0 Å². The average Bonchev–Trinajstić information content (AvgIpc) is 2.87. The zero-order chi connectivity index (χ0) is 16.2. The van der Waals surface area contributed by atoms with Gasteiger partial charge in [0.1, 0.15) is 12.4 Å². The number of benzodiazepines with no additional fused rings is 1. The van der Waals surface area contributed by atoms with Gasteiger partial charge in [0.05, 0.1) is 5.69 Å². The number of amides is 1. The molecule has 4 nitrogen and oxygen atoms in total. The van der Waals surface area contributed by atoms with Crippen molar-refractivity contribution in [3.63, 3.8) is 0 Å². The molecule has 0 saturated carbocycles. The molecule has 1 fully saturated rings. The standard InChI is InChI=1S/C19H27N3O/c1-15(2)14-22-17-10-6-5-9-16(17)19(20-13-18(22)23)21-11-7-3-4-8-12-21/h5-6,9-10,15H,3-4,7-8,11-14H2,1-2H3. The second-order valence-electron chi connectivity index (χ2n) is 6.96. The van der Waals surface area contributed by atoms with Gasteiger partial charge in [-0.15, -0.1) is 0 Å². The molecule has 1 aromatic carbocycles. The number of amidine groups is 1. The summed E-state index contributed by atoms with van der Waals surface area (Å²) >= 11 is 0. The maximum atomic E-state index is 12.6. The fourth-order valence-corrected chi connectivity index (χ4v) is 3.46. The molecule has 0 radical (unpaired) electrons. The fraction of sp³-hybridized carbons (Fsp3) is 0.579. The van der Waals surface area contributed by atoms with Crippen molar-refractivity contribution < 1.29 is 4.79 Å². The highest BCUT2D eigenvalue weighted by molar-refractivity contribution is 6.10. The number of likely N-dealkylation sites (tertiary alicyclic amines) is 1. The van der Waals surface area contributed by atoms with Crippen molar-refractivity contribution in [3.8, 4) is 0 Å². The van der Waals surface area contributed by atoms with Gasteiger partial charge in [-0.2, -0.15) is 0 Å². The molecule has 0 N–H and O–H groups in total. The third kappa shape index (κ3) is 3.57. The van der Waals surface area contributed by atoms with Gasteiger partial charge in [0.2, 0.25) is 5.91 Å². The van der Waals surface area contributed by atoms with Crippen LogP contribution in [0.4, 0.5) is 5.69 Å². The van der Waals surface area contributed by atoms with Crippen molar-refractivity contribution in [2.24, 2.45) is 10.9 Å².